The van der Waals surface area contributed by atoms with E-state index in [1.54, 1.807) is 0 Å². The van der Waals surface area contributed by atoms with Crippen molar-refractivity contribution in [3.05, 3.63) is 169 Å². The van der Waals surface area contributed by atoms with Crippen molar-refractivity contribution in [2.24, 2.45) is 0 Å². The van der Waals surface area contributed by atoms with Crippen LogP contribution in [0.2, 0.25) is 0 Å². The predicted octanol–water partition coefficient (Wildman–Crippen LogP) is 12.7. The van der Waals surface area contributed by atoms with Crippen LogP contribution in [-0.2, 0) is 21.1 Å². The van der Waals surface area contributed by atoms with Crippen molar-refractivity contribution >= 4 is 44.6 Å². The molecular weight excluding hydrogens is 844 g/mol. The quantitative estimate of drug-likeness (QED) is 0.142. The number of para-hydroxylation sites is 4. The third-order valence-electron chi connectivity index (χ3n) is 10.3. The van der Waals surface area contributed by atoms with E-state index in [9.17, 15) is 0 Å². The first kappa shape index (κ1) is 35.4. The normalized spacial score (nSPS) is 12.5. The Morgan fingerprint density at radius 1 is 0.611 bits per heavy atom. The Kier molecular flexibility index (Phi) is 9.60. The SMILES string of the molecule is CC(C)c1cccc(C(C)C)c1-c1ccnc(-n2c3[c-]c(Oc4[c-]c(N5CN(c6ccccc6)c6ccccc65)ccc4)ccc3c3ccccc32)c1.[Pt+2]. The summed E-state index contributed by atoms with van der Waals surface area (Å²) >= 11 is 0. The number of hydrogen-bond donors (Lipinski definition) is 0. The third kappa shape index (κ3) is 6.27. The van der Waals surface area contributed by atoms with E-state index < -0.39 is 0 Å². The fourth-order valence-corrected chi connectivity index (χ4v) is 7.77. The largest absolute Gasteiger partial charge is 2.00 e. The molecule has 0 spiro atoms. The second kappa shape index (κ2) is 14.6. The Hall–Kier alpha value is -5.64. The zero-order chi connectivity index (χ0) is 36.1. The maximum absolute atomic E-state index is 6.57. The fourth-order valence-electron chi connectivity index (χ4n) is 7.77. The Labute approximate surface area is 331 Å². The number of anilines is 4. The minimum absolute atomic E-state index is 0. The molecule has 3 heterocycles. The first-order valence-electron chi connectivity index (χ1n) is 18.4. The molecule has 268 valence electrons. The molecule has 0 bridgehead atoms. The second-order valence-corrected chi connectivity index (χ2v) is 14.3. The van der Waals surface area contributed by atoms with E-state index in [1.165, 1.54) is 22.3 Å². The van der Waals surface area contributed by atoms with Gasteiger partial charge in [-0.1, -0.05) is 106 Å². The number of benzene rings is 6. The summed E-state index contributed by atoms with van der Waals surface area (Å²) < 4.78 is 8.78. The van der Waals surface area contributed by atoms with E-state index >= 15 is 0 Å². The van der Waals surface area contributed by atoms with Crippen LogP contribution in [0.1, 0.15) is 50.7 Å². The molecule has 5 nitrogen and oxygen atoms in total. The minimum Gasteiger partial charge on any atom is -0.509 e. The summed E-state index contributed by atoms with van der Waals surface area (Å²) in [5.74, 6) is 2.87. The second-order valence-electron chi connectivity index (χ2n) is 14.3. The fraction of sp³-hybridized carbons (Fsp3) is 0.146. The van der Waals surface area contributed by atoms with Crippen LogP contribution in [0.4, 0.5) is 22.7 Å². The van der Waals surface area contributed by atoms with Gasteiger partial charge >= 0.3 is 21.1 Å². The number of pyridine rings is 1. The predicted molar refractivity (Wildman–Crippen MR) is 218 cm³/mol. The zero-order valence-electron chi connectivity index (χ0n) is 30.7. The van der Waals surface area contributed by atoms with Gasteiger partial charge in [-0.25, -0.2) is 4.98 Å². The molecule has 1 aliphatic heterocycles. The summed E-state index contributed by atoms with van der Waals surface area (Å²) in [6.45, 7) is 9.75. The van der Waals surface area contributed by atoms with Crippen LogP contribution in [0.3, 0.4) is 0 Å². The van der Waals surface area contributed by atoms with Gasteiger partial charge < -0.3 is 19.1 Å². The van der Waals surface area contributed by atoms with Gasteiger partial charge in [-0.05, 0) is 81.9 Å². The van der Waals surface area contributed by atoms with Gasteiger partial charge in [-0.3, -0.25) is 0 Å². The molecular formula is C48H40N4OPt. The van der Waals surface area contributed by atoms with Crippen LogP contribution in [0.25, 0.3) is 38.8 Å². The van der Waals surface area contributed by atoms with Gasteiger partial charge in [-0.15, -0.1) is 35.7 Å². The molecule has 0 fully saturated rings. The molecule has 0 radical (unpaired) electrons. The smallest absolute Gasteiger partial charge is 0.509 e. The minimum atomic E-state index is 0. The van der Waals surface area contributed by atoms with E-state index in [4.69, 9.17) is 9.72 Å². The van der Waals surface area contributed by atoms with Crippen molar-refractivity contribution < 1.29 is 25.8 Å². The summed E-state index contributed by atoms with van der Waals surface area (Å²) in [6, 6.07) is 56.0. The van der Waals surface area contributed by atoms with E-state index in [2.05, 4.69) is 176 Å². The van der Waals surface area contributed by atoms with E-state index in [-0.39, 0.29) is 21.1 Å². The van der Waals surface area contributed by atoms with Gasteiger partial charge in [0.25, 0.3) is 0 Å². The molecule has 6 aromatic carbocycles. The maximum Gasteiger partial charge on any atom is 2.00 e. The van der Waals surface area contributed by atoms with Crippen LogP contribution in [0.15, 0.2) is 146 Å². The van der Waals surface area contributed by atoms with Gasteiger partial charge in [0.1, 0.15) is 5.82 Å². The van der Waals surface area contributed by atoms with Crippen molar-refractivity contribution in [3.63, 3.8) is 0 Å². The zero-order valence-corrected chi connectivity index (χ0v) is 33.0. The number of nitrogens with zero attached hydrogens (tertiary/aromatic N) is 4. The van der Waals surface area contributed by atoms with Crippen LogP contribution >= 0.6 is 0 Å². The number of hydrogen-bond acceptors (Lipinski definition) is 4. The van der Waals surface area contributed by atoms with Gasteiger partial charge in [0, 0.05) is 28.9 Å². The summed E-state index contributed by atoms with van der Waals surface area (Å²) in [7, 11) is 0. The van der Waals surface area contributed by atoms with Crippen molar-refractivity contribution in [2.45, 2.75) is 39.5 Å². The summed E-state index contributed by atoms with van der Waals surface area (Å²) in [4.78, 5) is 9.56. The van der Waals surface area contributed by atoms with Crippen molar-refractivity contribution in [1.29, 1.82) is 0 Å². The molecule has 2 aromatic heterocycles. The molecule has 54 heavy (non-hydrogen) atoms. The van der Waals surface area contributed by atoms with E-state index in [0.717, 1.165) is 50.4 Å². The van der Waals surface area contributed by atoms with Crippen molar-refractivity contribution in [1.82, 2.24) is 9.55 Å². The van der Waals surface area contributed by atoms with Crippen LogP contribution in [0, 0.1) is 12.1 Å². The number of aromatic nitrogens is 2. The number of rotatable bonds is 8. The average molecular weight is 884 g/mol. The number of ether oxygens (including phenoxy) is 1. The molecule has 6 heteroatoms. The Morgan fingerprint density at radius 3 is 2.04 bits per heavy atom. The summed E-state index contributed by atoms with van der Waals surface area (Å²) in [5, 5.41) is 2.24. The van der Waals surface area contributed by atoms with E-state index in [1.807, 2.05) is 24.4 Å². The molecule has 0 atom stereocenters. The molecule has 0 N–H and O–H groups in total. The topological polar surface area (TPSA) is 33.5 Å². The molecule has 0 amide bonds. The third-order valence-corrected chi connectivity index (χ3v) is 10.3. The molecule has 0 aliphatic carbocycles. The first-order chi connectivity index (χ1) is 25.9. The molecule has 0 saturated heterocycles. The maximum atomic E-state index is 6.57. The van der Waals surface area contributed by atoms with Gasteiger partial charge in [-0.2, -0.15) is 12.1 Å². The molecule has 1 aliphatic rings. The molecule has 0 saturated carbocycles. The molecule has 9 rings (SSSR count). The Balaban J connectivity index is 0.00000413. The van der Waals surface area contributed by atoms with Gasteiger partial charge in [0.15, 0.2) is 0 Å². The Morgan fingerprint density at radius 2 is 1.28 bits per heavy atom. The van der Waals surface area contributed by atoms with Crippen molar-refractivity contribution in [3.8, 4) is 28.4 Å². The first-order valence-corrected chi connectivity index (χ1v) is 18.4. The summed E-state index contributed by atoms with van der Waals surface area (Å²) in [5.41, 5.74) is 11.5. The van der Waals surface area contributed by atoms with Crippen LogP contribution in [0.5, 0.6) is 11.5 Å². The molecule has 8 aromatic rings. The Bertz CT molecular complexity index is 2580. The monoisotopic (exact) mass is 883 g/mol. The summed E-state index contributed by atoms with van der Waals surface area (Å²) in [6.07, 6.45) is 1.93. The van der Waals surface area contributed by atoms with Crippen LogP contribution < -0.4 is 14.5 Å². The van der Waals surface area contributed by atoms with Crippen molar-refractivity contribution in [2.75, 3.05) is 16.5 Å². The van der Waals surface area contributed by atoms with Gasteiger partial charge in [0.05, 0.1) is 18.0 Å². The standard InChI is InChI=1S/C48H40N4O.Pt/c1-32(2)39-19-13-20-40(33(3)4)48(39)34-26-27-49-47(28-34)52-43-21-9-8-18-41(43)42-25-24-38(30-46(42)52)53-37-17-12-16-36(29-37)51-31-50(35-14-6-5-7-15-35)44-22-10-11-23-45(44)51;/h5-28,32-33H,31H2,1-4H3;/q-2;+2. The van der Waals surface area contributed by atoms with Gasteiger partial charge in [0.2, 0.25) is 0 Å². The van der Waals surface area contributed by atoms with Crippen LogP contribution in [-0.4, -0.2) is 16.2 Å². The number of fused-ring (bicyclic) bond motifs is 4. The molecule has 0 unspecified atom stereocenters. The van der Waals surface area contributed by atoms with E-state index in [0.29, 0.717) is 30.0 Å². The average Bonchev–Trinajstić information content (AvgIpc) is 3.74.